The SMILES string of the molecule is Cc1nc(N2CCN(C)CC2)nc(C)c1NC(=O)Cn1cnc2ccccc21. The second kappa shape index (κ2) is 7.55. The first-order valence-corrected chi connectivity index (χ1v) is 9.50. The quantitative estimate of drug-likeness (QED) is 0.745. The van der Waals surface area contributed by atoms with Crippen molar-refractivity contribution in [3.63, 3.8) is 0 Å². The monoisotopic (exact) mass is 379 g/mol. The van der Waals surface area contributed by atoms with Crippen LogP contribution in [-0.4, -0.2) is 63.6 Å². The van der Waals surface area contributed by atoms with E-state index >= 15 is 0 Å². The van der Waals surface area contributed by atoms with Crippen molar-refractivity contribution in [1.82, 2.24) is 24.4 Å². The highest BCUT2D eigenvalue weighted by molar-refractivity contribution is 5.92. The summed E-state index contributed by atoms with van der Waals surface area (Å²) in [6, 6.07) is 7.77. The molecule has 3 heterocycles. The molecule has 1 N–H and O–H groups in total. The number of carbonyl (C=O) groups excluding carboxylic acids is 1. The molecule has 0 bridgehead atoms. The van der Waals surface area contributed by atoms with Crippen molar-refractivity contribution in [2.24, 2.45) is 0 Å². The molecular formula is C20H25N7O. The molecule has 4 rings (SSSR count). The normalized spacial score (nSPS) is 15.2. The number of likely N-dealkylation sites (N-methyl/N-ethyl adjacent to an activating group) is 1. The summed E-state index contributed by atoms with van der Waals surface area (Å²) in [6.07, 6.45) is 1.69. The minimum absolute atomic E-state index is 0.120. The van der Waals surface area contributed by atoms with Gasteiger partial charge in [-0.15, -0.1) is 0 Å². The Morgan fingerprint density at radius 1 is 1.07 bits per heavy atom. The maximum atomic E-state index is 12.6. The molecule has 0 atom stereocenters. The van der Waals surface area contributed by atoms with Crippen LogP contribution in [0.1, 0.15) is 11.4 Å². The first kappa shape index (κ1) is 18.4. The number of benzene rings is 1. The van der Waals surface area contributed by atoms with E-state index in [0.717, 1.165) is 54.5 Å². The third-order valence-corrected chi connectivity index (χ3v) is 5.15. The lowest BCUT2D eigenvalue weighted by atomic mass is 10.2. The van der Waals surface area contributed by atoms with Gasteiger partial charge in [0.15, 0.2) is 0 Å². The van der Waals surface area contributed by atoms with Crippen molar-refractivity contribution in [3.8, 4) is 0 Å². The predicted molar refractivity (Wildman–Crippen MR) is 110 cm³/mol. The van der Waals surface area contributed by atoms with Crippen LogP contribution in [0.25, 0.3) is 11.0 Å². The Kier molecular flexibility index (Phi) is 4.95. The fourth-order valence-electron chi connectivity index (χ4n) is 3.50. The number of para-hydroxylation sites is 2. The lowest BCUT2D eigenvalue weighted by molar-refractivity contribution is -0.116. The molecule has 2 aromatic heterocycles. The van der Waals surface area contributed by atoms with Crippen LogP contribution in [-0.2, 0) is 11.3 Å². The minimum Gasteiger partial charge on any atom is -0.338 e. The third kappa shape index (κ3) is 3.68. The lowest BCUT2D eigenvalue weighted by Gasteiger charge is -2.32. The van der Waals surface area contributed by atoms with Gasteiger partial charge < -0.3 is 19.7 Å². The summed E-state index contributed by atoms with van der Waals surface area (Å²) in [7, 11) is 2.12. The molecule has 0 radical (unpaired) electrons. The van der Waals surface area contributed by atoms with Gasteiger partial charge in [0.25, 0.3) is 0 Å². The van der Waals surface area contributed by atoms with E-state index in [9.17, 15) is 4.79 Å². The van der Waals surface area contributed by atoms with Crippen LogP contribution in [0.4, 0.5) is 11.6 Å². The molecule has 1 fully saturated rings. The summed E-state index contributed by atoms with van der Waals surface area (Å²) < 4.78 is 1.84. The molecule has 0 spiro atoms. The molecule has 1 amide bonds. The lowest BCUT2D eigenvalue weighted by Crippen LogP contribution is -2.45. The van der Waals surface area contributed by atoms with Crippen LogP contribution in [0.3, 0.4) is 0 Å². The van der Waals surface area contributed by atoms with E-state index in [0.29, 0.717) is 5.69 Å². The van der Waals surface area contributed by atoms with E-state index in [1.54, 1.807) is 6.33 Å². The van der Waals surface area contributed by atoms with Gasteiger partial charge in [-0.1, -0.05) is 12.1 Å². The van der Waals surface area contributed by atoms with Gasteiger partial charge in [0.2, 0.25) is 11.9 Å². The van der Waals surface area contributed by atoms with E-state index in [1.165, 1.54) is 0 Å². The van der Waals surface area contributed by atoms with E-state index in [4.69, 9.17) is 0 Å². The van der Waals surface area contributed by atoms with Gasteiger partial charge in [-0.2, -0.15) is 0 Å². The highest BCUT2D eigenvalue weighted by Crippen LogP contribution is 2.21. The summed E-state index contributed by atoms with van der Waals surface area (Å²) in [5.74, 6) is 0.618. The van der Waals surface area contributed by atoms with Gasteiger partial charge in [-0.05, 0) is 33.0 Å². The fourth-order valence-corrected chi connectivity index (χ4v) is 3.50. The van der Waals surface area contributed by atoms with Crippen molar-refractivity contribution in [1.29, 1.82) is 0 Å². The van der Waals surface area contributed by atoms with Gasteiger partial charge in [-0.3, -0.25) is 4.79 Å². The third-order valence-electron chi connectivity index (χ3n) is 5.15. The Morgan fingerprint density at radius 3 is 2.46 bits per heavy atom. The smallest absolute Gasteiger partial charge is 0.244 e. The van der Waals surface area contributed by atoms with Crippen LogP contribution in [0.15, 0.2) is 30.6 Å². The number of hydrogen-bond donors (Lipinski definition) is 1. The molecular weight excluding hydrogens is 354 g/mol. The summed E-state index contributed by atoms with van der Waals surface area (Å²) in [5, 5.41) is 2.98. The highest BCUT2D eigenvalue weighted by atomic mass is 16.2. The number of anilines is 2. The number of carbonyl (C=O) groups is 1. The van der Waals surface area contributed by atoms with Crippen molar-refractivity contribution >= 4 is 28.6 Å². The minimum atomic E-state index is -0.120. The second-order valence-corrected chi connectivity index (χ2v) is 7.27. The zero-order valence-electron chi connectivity index (χ0n) is 16.5. The predicted octanol–water partition coefficient (Wildman–Crippen LogP) is 1.83. The van der Waals surface area contributed by atoms with Crippen molar-refractivity contribution < 1.29 is 4.79 Å². The van der Waals surface area contributed by atoms with Crippen LogP contribution >= 0.6 is 0 Å². The molecule has 1 saturated heterocycles. The van der Waals surface area contributed by atoms with E-state index in [2.05, 4.69) is 37.1 Å². The zero-order valence-corrected chi connectivity index (χ0v) is 16.5. The summed E-state index contributed by atoms with van der Waals surface area (Å²) in [6.45, 7) is 7.84. The molecule has 8 nitrogen and oxygen atoms in total. The average molecular weight is 379 g/mol. The standard InChI is InChI=1S/C20H25N7O/c1-14-19(15(2)23-20(22-14)26-10-8-25(3)9-11-26)24-18(28)12-27-13-21-16-6-4-5-7-17(16)27/h4-7,13H,8-12H2,1-3H3,(H,24,28). The van der Waals surface area contributed by atoms with Crippen molar-refractivity contribution in [3.05, 3.63) is 42.0 Å². The van der Waals surface area contributed by atoms with Gasteiger partial charge in [0.1, 0.15) is 6.54 Å². The number of aryl methyl sites for hydroxylation is 2. The average Bonchev–Trinajstić information content (AvgIpc) is 3.08. The van der Waals surface area contributed by atoms with E-state index < -0.39 is 0 Å². The van der Waals surface area contributed by atoms with Crippen LogP contribution < -0.4 is 10.2 Å². The molecule has 3 aromatic rings. The maximum absolute atomic E-state index is 12.6. The first-order valence-electron chi connectivity index (χ1n) is 9.50. The number of aromatic nitrogens is 4. The van der Waals surface area contributed by atoms with E-state index in [1.807, 2.05) is 42.7 Å². The zero-order chi connectivity index (χ0) is 19.7. The Labute approximate surface area is 164 Å². The maximum Gasteiger partial charge on any atom is 0.244 e. The Hall–Kier alpha value is -3.00. The Morgan fingerprint density at radius 2 is 1.75 bits per heavy atom. The van der Waals surface area contributed by atoms with Crippen molar-refractivity contribution in [2.45, 2.75) is 20.4 Å². The number of nitrogens with zero attached hydrogens (tertiary/aromatic N) is 6. The molecule has 0 unspecified atom stereocenters. The molecule has 0 aliphatic carbocycles. The number of piperazine rings is 1. The number of hydrogen-bond acceptors (Lipinski definition) is 6. The summed E-state index contributed by atoms with van der Waals surface area (Å²) in [5.41, 5.74) is 4.07. The fraction of sp³-hybridized carbons (Fsp3) is 0.400. The van der Waals surface area contributed by atoms with Crippen LogP contribution in [0.5, 0.6) is 0 Å². The van der Waals surface area contributed by atoms with Gasteiger partial charge in [0, 0.05) is 26.2 Å². The Bertz CT molecular complexity index is 982. The summed E-state index contributed by atoms with van der Waals surface area (Å²) >= 11 is 0. The van der Waals surface area contributed by atoms with Crippen LogP contribution in [0.2, 0.25) is 0 Å². The molecule has 1 aliphatic rings. The molecule has 0 saturated carbocycles. The molecule has 28 heavy (non-hydrogen) atoms. The number of nitrogens with one attached hydrogen (secondary N) is 1. The molecule has 1 aliphatic heterocycles. The number of rotatable bonds is 4. The molecule has 8 heteroatoms. The second-order valence-electron chi connectivity index (χ2n) is 7.27. The highest BCUT2D eigenvalue weighted by Gasteiger charge is 2.19. The number of amides is 1. The summed E-state index contributed by atoms with van der Waals surface area (Å²) in [4.78, 5) is 30.7. The largest absolute Gasteiger partial charge is 0.338 e. The Balaban J connectivity index is 1.49. The van der Waals surface area contributed by atoms with Gasteiger partial charge in [0.05, 0.1) is 34.4 Å². The molecule has 146 valence electrons. The first-order chi connectivity index (χ1) is 13.5. The van der Waals surface area contributed by atoms with Crippen LogP contribution in [0, 0.1) is 13.8 Å². The topological polar surface area (TPSA) is 79.2 Å². The van der Waals surface area contributed by atoms with E-state index in [-0.39, 0.29) is 12.5 Å². The van der Waals surface area contributed by atoms with Crippen molar-refractivity contribution in [2.75, 3.05) is 43.4 Å². The molecule has 1 aromatic carbocycles. The van der Waals surface area contributed by atoms with Gasteiger partial charge >= 0.3 is 0 Å². The number of fused-ring (bicyclic) bond motifs is 1. The number of imidazole rings is 1. The van der Waals surface area contributed by atoms with Gasteiger partial charge in [-0.25, -0.2) is 15.0 Å².